The van der Waals surface area contributed by atoms with E-state index >= 15 is 0 Å². The van der Waals surface area contributed by atoms with Crippen molar-refractivity contribution in [3.05, 3.63) is 0 Å². The van der Waals surface area contributed by atoms with E-state index in [1.807, 2.05) is 0 Å². The highest BCUT2D eigenvalue weighted by molar-refractivity contribution is 5.75. The lowest BCUT2D eigenvalue weighted by Gasteiger charge is -2.03. The number of hydrogen-bond acceptors (Lipinski definition) is 8. The summed E-state index contributed by atoms with van der Waals surface area (Å²) in [5.41, 5.74) is 20.8. The zero-order chi connectivity index (χ0) is 22.5. The van der Waals surface area contributed by atoms with E-state index in [-0.39, 0.29) is 12.8 Å². The third-order valence-electron chi connectivity index (χ3n) is 3.13. The number of hydrogen-bond donors (Lipinski definition) is 8. The summed E-state index contributed by atoms with van der Waals surface area (Å²) in [5.74, 6) is -4.02. The molecule has 0 amide bonds. The van der Waals surface area contributed by atoms with Gasteiger partial charge in [0.1, 0.15) is 12.1 Å². The molecule has 0 saturated heterocycles. The van der Waals surface area contributed by atoms with Crippen molar-refractivity contribution in [3.63, 3.8) is 0 Å². The predicted molar refractivity (Wildman–Crippen MR) is 102 cm³/mol. The maximum atomic E-state index is 10.1. The van der Waals surface area contributed by atoms with Crippen LogP contribution in [-0.4, -0.2) is 69.5 Å². The topological polar surface area (TPSA) is 253 Å². The van der Waals surface area contributed by atoms with Crippen LogP contribution in [0.4, 0.5) is 0 Å². The van der Waals surface area contributed by atoms with Crippen LogP contribution in [0.2, 0.25) is 0 Å². The average molecular weight is 410 g/mol. The third kappa shape index (κ3) is 28.5. The highest BCUT2D eigenvalue weighted by Gasteiger charge is 2.09. The first-order valence-electron chi connectivity index (χ1n) is 8.80. The molecular formula is C16H34N4O8. The van der Waals surface area contributed by atoms with Crippen LogP contribution < -0.4 is 22.9 Å². The fraction of sp³-hybridized carbons (Fsp3) is 0.750. The second kappa shape index (κ2) is 21.0. The van der Waals surface area contributed by atoms with Gasteiger partial charge in [-0.05, 0) is 38.8 Å². The van der Waals surface area contributed by atoms with Crippen molar-refractivity contribution in [2.24, 2.45) is 22.9 Å². The van der Waals surface area contributed by atoms with Gasteiger partial charge in [0.2, 0.25) is 0 Å². The largest absolute Gasteiger partial charge is 0.481 e. The second-order valence-electron chi connectivity index (χ2n) is 5.75. The Morgan fingerprint density at radius 3 is 1.07 bits per heavy atom. The number of rotatable bonds is 13. The molecule has 0 fully saturated rings. The molecule has 0 aromatic carbocycles. The molecule has 0 aliphatic heterocycles. The molecule has 0 aliphatic rings. The third-order valence-corrected chi connectivity index (χ3v) is 3.13. The van der Waals surface area contributed by atoms with Crippen molar-refractivity contribution in [2.45, 2.75) is 63.5 Å². The van der Waals surface area contributed by atoms with Gasteiger partial charge in [0, 0.05) is 0 Å². The Hall–Kier alpha value is -2.28. The van der Waals surface area contributed by atoms with E-state index in [1.165, 1.54) is 0 Å². The van der Waals surface area contributed by atoms with E-state index in [9.17, 15) is 19.2 Å². The molecule has 12 N–H and O–H groups in total. The van der Waals surface area contributed by atoms with Crippen LogP contribution in [-0.2, 0) is 19.2 Å². The van der Waals surface area contributed by atoms with Gasteiger partial charge in [-0.15, -0.1) is 0 Å². The molecule has 0 spiro atoms. The van der Waals surface area contributed by atoms with Crippen LogP contribution in [0.1, 0.15) is 51.4 Å². The van der Waals surface area contributed by atoms with Crippen LogP contribution in [0.5, 0.6) is 0 Å². The quantitative estimate of drug-likeness (QED) is 0.170. The average Bonchev–Trinajstić information content (AvgIpc) is 2.61. The van der Waals surface area contributed by atoms with Crippen LogP contribution in [0, 0.1) is 0 Å². The highest BCUT2D eigenvalue weighted by atomic mass is 16.4. The summed E-state index contributed by atoms with van der Waals surface area (Å²) in [6, 6.07) is -1.43. The number of aliphatic carboxylic acids is 4. The van der Waals surface area contributed by atoms with Gasteiger partial charge in [-0.2, -0.15) is 0 Å². The van der Waals surface area contributed by atoms with Crippen molar-refractivity contribution in [2.75, 3.05) is 13.1 Å². The van der Waals surface area contributed by atoms with Gasteiger partial charge in [0.05, 0.1) is 12.8 Å². The standard InChI is InChI=1S/2C6H14N2O2.C4H6O4/c2*7-4-2-1-3-5(8)6(9)10;5-3(6)1-2-4(7)8/h2*5H,1-4,7-8H2,(H,9,10);1-2H2,(H,5,6)(H,7,8)/t2*5-;/m00./s1. The Labute approximate surface area is 163 Å². The highest BCUT2D eigenvalue weighted by Crippen LogP contribution is 1.97. The fourth-order valence-electron chi connectivity index (χ4n) is 1.48. The van der Waals surface area contributed by atoms with Gasteiger partial charge in [-0.3, -0.25) is 19.2 Å². The molecule has 0 aromatic rings. The predicted octanol–water partition coefficient (Wildman–Crippen LogP) is -1.01. The number of unbranched alkanes of at least 4 members (excludes halogenated alkanes) is 2. The molecule has 0 unspecified atom stereocenters. The monoisotopic (exact) mass is 410 g/mol. The number of carboxylic acids is 4. The molecule has 166 valence electrons. The Kier molecular flexibility index (Phi) is 22.9. The summed E-state index contributed by atoms with van der Waals surface area (Å²) in [7, 11) is 0. The maximum absolute atomic E-state index is 10.1. The van der Waals surface area contributed by atoms with Gasteiger partial charge < -0.3 is 43.4 Å². The Morgan fingerprint density at radius 1 is 0.607 bits per heavy atom. The lowest BCUT2D eigenvalue weighted by atomic mass is 10.1. The molecule has 0 saturated carbocycles. The van der Waals surface area contributed by atoms with Gasteiger partial charge in [0.25, 0.3) is 0 Å². The molecule has 28 heavy (non-hydrogen) atoms. The summed E-state index contributed by atoms with van der Waals surface area (Å²) < 4.78 is 0. The fourth-order valence-corrected chi connectivity index (χ4v) is 1.48. The first kappa shape index (κ1) is 30.4. The van der Waals surface area contributed by atoms with Gasteiger partial charge >= 0.3 is 23.9 Å². The first-order valence-corrected chi connectivity index (χ1v) is 8.80. The Morgan fingerprint density at radius 2 is 0.893 bits per heavy atom. The van der Waals surface area contributed by atoms with Gasteiger partial charge in [-0.1, -0.05) is 12.8 Å². The first-order chi connectivity index (χ1) is 13.0. The van der Waals surface area contributed by atoms with E-state index in [0.717, 1.165) is 25.7 Å². The molecule has 0 bridgehead atoms. The lowest BCUT2D eigenvalue weighted by Crippen LogP contribution is -2.29. The van der Waals surface area contributed by atoms with Gasteiger partial charge in [0.15, 0.2) is 0 Å². The molecule has 0 heterocycles. The second-order valence-corrected chi connectivity index (χ2v) is 5.75. The molecule has 0 radical (unpaired) electrons. The smallest absolute Gasteiger partial charge is 0.320 e. The summed E-state index contributed by atoms with van der Waals surface area (Å²) in [4.78, 5) is 39.6. The minimum absolute atomic E-state index is 0.296. The zero-order valence-corrected chi connectivity index (χ0v) is 16.0. The molecular weight excluding hydrogens is 376 g/mol. The summed E-state index contributed by atoms with van der Waals surface area (Å²) >= 11 is 0. The van der Waals surface area contributed by atoms with E-state index < -0.39 is 36.0 Å². The number of carboxylic acid groups (broad SMARTS) is 4. The minimum atomic E-state index is -1.08. The molecule has 2 atom stereocenters. The van der Waals surface area contributed by atoms with Crippen molar-refractivity contribution in [1.29, 1.82) is 0 Å². The summed E-state index contributed by atoms with van der Waals surface area (Å²) in [6.45, 7) is 1.21. The lowest BCUT2D eigenvalue weighted by molar-refractivity contribution is -0.143. The van der Waals surface area contributed by atoms with Gasteiger partial charge in [-0.25, -0.2) is 0 Å². The molecule has 12 nitrogen and oxygen atoms in total. The molecule has 12 heteroatoms. The van der Waals surface area contributed by atoms with E-state index in [0.29, 0.717) is 25.9 Å². The molecule has 0 aliphatic carbocycles. The van der Waals surface area contributed by atoms with Crippen LogP contribution in [0.3, 0.4) is 0 Å². The maximum Gasteiger partial charge on any atom is 0.320 e. The van der Waals surface area contributed by atoms with Crippen molar-refractivity contribution in [3.8, 4) is 0 Å². The summed E-state index contributed by atoms with van der Waals surface area (Å²) in [6.07, 6.45) is 3.74. The van der Waals surface area contributed by atoms with Crippen molar-refractivity contribution in [1.82, 2.24) is 0 Å². The normalized spacial score (nSPS) is 11.7. The molecule has 0 rings (SSSR count). The SMILES string of the molecule is NCCCC[C@H](N)C(=O)O.NCCCC[C@H](N)C(=O)O.O=C(O)CCC(=O)O. The van der Waals surface area contributed by atoms with E-state index in [4.69, 9.17) is 43.4 Å². The van der Waals surface area contributed by atoms with Crippen molar-refractivity contribution >= 4 is 23.9 Å². The van der Waals surface area contributed by atoms with E-state index in [1.54, 1.807) is 0 Å². The van der Waals surface area contributed by atoms with Crippen LogP contribution in [0.25, 0.3) is 0 Å². The summed E-state index contributed by atoms with van der Waals surface area (Å²) in [5, 5.41) is 32.4. The van der Waals surface area contributed by atoms with Crippen LogP contribution >= 0.6 is 0 Å². The Bertz CT molecular complexity index is 408. The van der Waals surface area contributed by atoms with Crippen molar-refractivity contribution < 1.29 is 39.6 Å². The molecule has 0 aromatic heterocycles. The number of carbonyl (C=O) groups is 4. The number of nitrogens with two attached hydrogens (primary N) is 4. The zero-order valence-electron chi connectivity index (χ0n) is 16.0. The Balaban J connectivity index is -0.000000337. The van der Waals surface area contributed by atoms with Crippen LogP contribution in [0.15, 0.2) is 0 Å². The van der Waals surface area contributed by atoms with E-state index in [2.05, 4.69) is 0 Å². The minimum Gasteiger partial charge on any atom is -0.481 e.